The van der Waals surface area contributed by atoms with Crippen molar-refractivity contribution < 1.29 is 8.42 Å². The fourth-order valence-corrected chi connectivity index (χ4v) is 5.36. The van der Waals surface area contributed by atoms with Gasteiger partial charge in [-0.1, -0.05) is 46.3 Å². The van der Waals surface area contributed by atoms with Crippen molar-refractivity contribution in [1.82, 2.24) is 14.3 Å². The molecule has 1 aromatic heterocycles. The predicted molar refractivity (Wildman–Crippen MR) is 125 cm³/mol. The molecule has 4 rings (SSSR count). The average molecular weight is 512 g/mol. The van der Waals surface area contributed by atoms with Crippen molar-refractivity contribution in [2.24, 2.45) is 0 Å². The number of sulfonamides is 1. The molecule has 0 saturated carbocycles. The Bertz CT molecular complexity index is 1080. The van der Waals surface area contributed by atoms with E-state index in [1.54, 1.807) is 10.6 Å². The summed E-state index contributed by atoms with van der Waals surface area (Å²) in [6.45, 7) is 1.58. The summed E-state index contributed by atoms with van der Waals surface area (Å²) in [6, 6.07) is 15.9. The van der Waals surface area contributed by atoms with Gasteiger partial charge in [-0.25, -0.2) is 13.4 Å². The zero-order valence-corrected chi connectivity index (χ0v) is 19.8. The molecule has 30 heavy (non-hydrogen) atoms. The van der Waals surface area contributed by atoms with Crippen LogP contribution in [0.15, 0.2) is 65.5 Å². The Labute approximate surface area is 191 Å². The third-order valence-corrected chi connectivity index (χ3v) is 6.98. The third kappa shape index (κ3) is 5.24. The van der Waals surface area contributed by atoms with E-state index in [9.17, 15) is 8.42 Å². The van der Waals surface area contributed by atoms with Gasteiger partial charge in [0.05, 0.1) is 24.8 Å². The summed E-state index contributed by atoms with van der Waals surface area (Å²) in [5.41, 5.74) is 4.15. The van der Waals surface area contributed by atoms with Gasteiger partial charge in [-0.05, 0) is 35.7 Å². The van der Waals surface area contributed by atoms with Crippen molar-refractivity contribution in [3.63, 3.8) is 0 Å². The molecule has 0 spiro atoms. The van der Waals surface area contributed by atoms with Gasteiger partial charge in [-0.15, -0.1) is 12.4 Å². The first kappa shape index (κ1) is 22.8. The number of benzene rings is 2. The molecule has 0 bridgehead atoms. The van der Waals surface area contributed by atoms with Gasteiger partial charge in [0, 0.05) is 35.5 Å². The molecule has 2 aromatic carbocycles. The third-order valence-electron chi connectivity index (χ3n) is 5.20. The van der Waals surface area contributed by atoms with Crippen LogP contribution in [0.1, 0.15) is 16.8 Å². The summed E-state index contributed by atoms with van der Waals surface area (Å²) in [6.07, 6.45) is 5.43. The van der Waals surface area contributed by atoms with Crippen LogP contribution in [0.5, 0.6) is 0 Å². The van der Waals surface area contributed by atoms with E-state index in [4.69, 9.17) is 0 Å². The summed E-state index contributed by atoms with van der Waals surface area (Å²) in [5, 5.41) is 0. The SMILES string of the molecule is CS(=O)(=O)N1Cc2cc(Br)ccc2N(Cc2cnc[nH]2)C[C@@H]1Cc1ccccc1.Cl. The normalized spacial score (nSPS) is 17.1. The van der Waals surface area contributed by atoms with Gasteiger partial charge in [0.1, 0.15) is 0 Å². The van der Waals surface area contributed by atoms with Crippen molar-refractivity contribution >= 4 is 44.0 Å². The first-order chi connectivity index (χ1) is 13.9. The lowest BCUT2D eigenvalue weighted by Crippen LogP contribution is -2.45. The molecule has 0 radical (unpaired) electrons. The number of imidazole rings is 1. The standard InChI is InChI=1S/C21H23BrN4O2S.ClH/c1-29(27,28)26-12-17-10-18(22)7-8-21(17)25(13-19-11-23-15-24-19)14-20(26)9-16-5-3-2-4-6-16;/h2-8,10-11,15,20H,9,12-14H2,1H3,(H,23,24);1H/t20-;/m0./s1. The molecule has 9 heteroatoms. The molecule has 3 aromatic rings. The van der Waals surface area contributed by atoms with Crippen LogP contribution in [-0.4, -0.2) is 41.5 Å². The lowest BCUT2D eigenvalue weighted by atomic mass is 10.1. The van der Waals surface area contributed by atoms with Gasteiger partial charge in [0.2, 0.25) is 10.0 Å². The molecule has 1 N–H and O–H groups in total. The Morgan fingerprint density at radius 2 is 1.97 bits per heavy atom. The smallest absolute Gasteiger partial charge is 0.211 e. The first-order valence-corrected chi connectivity index (χ1v) is 12.1. The van der Waals surface area contributed by atoms with Crippen LogP contribution in [0, 0.1) is 0 Å². The average Bonchev–Trinajstić information content (AvgIpc) is 3.13. The number of rotatable bonds is 5. The Hall–Kier alpha value is -1.87. The predicted octanol–water partition coefficient (Wildman–Crippen LogP) is 3.99. The van der Waals surface area contributed by atoms with Gasteiger partial charge in [0.15, 0.2) is 0 Å². The largest absolute Gasteiger partial charge is 0.364 e. The highest BCUT2D eigenvalue weighted by atomic mass is 79.9. The number of aromatic nitrogens is 2. The van der Waals surface area contributed by atoms with E-state index in [-0.39, 0.29) is 18.4 Å². The topological polar surface area (TPSA) is 69.3 Å². The number of nitrogens with zero attached hydrogens (tertiary/aromatic N) is 3. The van der Waals surface area contributed by atoms with E-state index in [0.717, 1.165) is 27.0 Å². The summed E-state index contributed by atoms with van der Waals surface area (Å²) < 4.78 is 28.1. The first-order valence-electron chi connectivity index (χ1n) is 9.41. The molecule has 0 saturated heterocycles. The van der Waals surface area contributed by atoms with Crippen LogP contribution >= 0.6 is 28.3 Å². The number of nitrogens with one attached hydrogen (secondary N) is 1. The maximum Gasteiger partial charge on any atom is 0.211 e. The molecule has 1 aliphatic rings. The van der Waals surface area contributed by atoms with Crippen LogP contribution < -0.4 is 4.90 Å². The Balaban J connectivity index is 0.00000256. The van der Waals surface area contributed by atoms with Crippen LogP contribution in [0.3, 0.4) is 0 Å². The second-order valence-corrected chi connectivity index (χ2v) is 10.2. The summed E-state index contributed by atoms with van der Waals surface area (Å²) in [4.78, 5) is 9.53. The molecule has 1 atom stereocenters. The van der Waals surface area contributed by atoms with Crippen molar-refractivity contribution in [3.05, 3.63) is 82.3 Å². The van der Waals surface area contributed by atoms with Crippen molar-refractivity contribution in [1.29, 1.82) is 0 Å². The van der Waals surface area contributed by atoms with Gasteiger partial charge in [0.25, 0.3) is 0 Å². The minimum Gasteiger partial charge on any atom is -0.364 e. The number of H-pyrrole nitrogens is 1. The van der Waals surface area contributed by atoms with Gasteiger partial charge in [-0.2, -0.15) is 4.31 Å². The molecule has 160 valence electrons. The van der Waals surface area contributed by atoms with Crippen molar-refractivity contribution in [2.75, 3.05) is 17.7 Å². The second-order valence-electron chi connectivity index (χ2n) is 7.38. The number of fused-ring (bicyclic) bond motifs is 1. The Morgan fingerprint density at radius 1 is 1.20 bits per heavy atom. The highest BCUT2D eigenvalue weighted by Crippen LogP contribution is 2.32. The molecule has 0 amide bonds. The zero-order valence-electron chi connectivity index (χ0n) is 16.5. The fraction of sp³-hybridized carbons (Fsp3) is 0.286. The van der Waals surface area contributed by atoms with Crippen LogP contribution in [-0.2, 0) is 29.5 Å². The highest BCUT2D eigenvalue weighted by Gasteiger charge is 2.33. The summed E-state index contributed by atoms with van der Waals surface area (Å²) in [7, 11) is -3.39. The maximum atomic E-state index is 12.7. The fourth-order valence-electron chi connectivity index (χ4n) is 3.90. The maximum absolute atomic E-state index is 12.7. The van der Waals surface area contributed by atoms with Crippen LogP contribution in [0.4, 0.5) is 5.69 Å². The molecule has 1 aliphatic heterocycles. The molecule has 2 heterocycles. The highest BCUT2D eigenvalue weighted by molar-refractivity contribution is 9.10. The van der Waals surface area contributed by atoms with E-state index < -0.39 is 10.0 Å². The van der Waals surface area contributed by atoms with Crippen molar-refractivity contribution in [3.8, 4) is 0 Å². The number of hydrogen-bond acceptors (Lipinski definition) is 4. The monoisotopic (exact) mass is 510 g/mol. The van der Waals surface area contributed by atoms with Gasteiger partial charge >= 0.3 is 0 Å². The molecule has 0 unspecified atom stereocenters. The lowest BCUT2D eigenvalue weighted by molar-refractivity contribution is 0.320. The molecule has 6 nitrogen and oxygen atoms in total. The number of anilines is 1. The Kier molecular flexibility index (Phi) is 7.23. The van der Waals surface area contributed by atoms with E-state index in [2.05, 4.69) is 36.9 Å². The van der Waals surface area contributed by atoms with Crippen molar-refractivity contribution in [2.45, 2.75) is 25.6 Å². The number of hydrogen-bond donors (Lipinski definition) is 1. The summed E-state index contributed by atoms with van der Waals surface area (Å²) in [5.74, 6) is 0. The molecule has 0 aliphatic carbocycles. The van der Waals surface area contributed by atoms with Gasteiger partial charge in [-0.3, -0.25) is 0 Å². The van der Waals surface area contributed by atoms with Crippen LogP contribution in [0.25, 0.3) is 0 Å². The molecular formula is C21H24BrClN4O2S. The van der Waals surface area contributed by atoms with E-state index >= 15 is 0 Å². The van der Waals surface area contributed by atoms with E-state index in [0.29, 0.717) is 26.1 Å². The van der Waals surface area contributed by atoms with Crippen LogP contribution in [0.2, 0.25) is 0 Å². The number of aromatic amines is 1. The zero-order chi connectivity index (χ0) is 20.4. The van der Waals surface area contributed by atoms with E-state index in [1.807, 2.05) is 48.7 Å². The Morgan fingerprint density at radius 3 is 2.63 bits per heavy atom. The van der Waals surface area contributed by atoms with Gasteiger partial charge < -0.3 is 9.88 Å². The quantitative estimate of drug-likeness (QED) is 0.562. The molecule has 0 fully saturated rings. The number of halogens is 2. The second kappa shape index (κ2) is 9.51. The molecular weight excluding hydrogens is 488 g/mol. The van der Waals surface area contributed by atoms with E-state index in [1.165, 1.54) is 6.26 Å². The minimum absolute atomic E-state index is 0. The minimum atomic E-state index is -3.39. The lowest BCUT2D eigenvalue weighted by Gasteiger charge is -2.31. The summed E-state index contributed by atoms with van der Waals surface area (Å²) >= 11 is 3.53.